The molecule has 3 nitrogen and oxygen atoms in total. The third kappa shape index (κ3) is 3.69. The van der Waals surface area contributed by atoms with Crippen LogP contribution >= 0.6 is 11.8 Å². The smallest absolute Gasteiger partial charge is 0.235 e. The van der Waals surface area contributed by atoms with Crippen LogP contribution in [0.1, 0.15) is 27.2 Å². The van der Waals surface area contributed by atoms with E-state index >= 15 is 0 Å². The molecule has 0 N–H and O–H groups in total. The molecule has 0 saturated carbocycles. The summed E-state index contributed by atoms with van der Waals surface area (Å²) in [6, 6.07) is 10.1. The lowest BCUT2D eigenvalue weighted by Crippen LogP contribution is -2.45. The van der Waals surface area contributed by atoms with Crippen LogP contribution in [0, 0.1) is 11.8 Å². The van der Waals surface area contributed by atoms with Crippen molar-refractivity contribution in [3.8, 4) is 0 Å². The van der Waals surface area contributed by atoms with Gasteiger partial charge in [-0.3, -0.25) is 9.78 Å². The van der Waals surface area contributed by atoms with E-state index in [0.717, 1.165) is 28.9 Å². The monoisotopic (exact) mass is 328 g/mol. The molecule has 3 atom stereocenters. The van der Waals surface area contributed by atoms with Crippen LogP contribution in [0.2, 0.25) is 0 Å². The van der Waals surface area contributed by atoms with Crippen LogP contribution in [0.5, 0.6) is 0 Å². The van der Waals surface area contributed by atoms with Crippen molar-refractivity contribution in [2.45, 2.75) is 37.3 Å². The Hall–Kier alpha value is -1.55. The molecular weight excluding hydrogens is 304 g/mol. The Morgan fingerprint density at radius 2 is 1.91 bits per heavy atom. The van der Waals surface area contributed by atoms with Gasteiger partial charge in [0.15, 0.2) is 0 Å². The first-order chi connectivity index (χ1) is 11.0. The molecule has 1 aromatic carbocycles. The van der Waals surface area contributed by atoms with E-state index in [-0.39, 0.29) is 11.2 Å². The van der Waals surface area contributed by atoms with Crippen molar-refractivity contribution in [2.24, 2.45) is 11.8 Å². The third-order valence-corrected chi connectivity index (χ3v) is 5.61. The van der Waals surface area contributed by atoms with Crippen LogP contribution in [-0.2, 0) is 4.79 Å². The van der Waals surface area contributed by atoms with E-state index < -0.39 is 0 Å². The number of thioether (sulfide) groups is 1. The Morgan fingerprint density at radius 1 is 1.22 bits per heavy atom. The molecule has 4 heteroatoms. The summed E-state index contributed by atoms with van der Waals surface area (Å²) in [4.78, 5) is 20.4. The fraction of sp³-hybridized carbons (Fsp3) is 0.474. The molecular formula is C19H24N2OS. The molecule has 1 aliphatic rings. The molecule has 0 aliphatic carbocycles. The van der Waals surface area contributed by atoms with Gasteiger partial charge in [-0.25, -0.2) is 0 Å². The van der Waals surface area contributed by atoms with Gasteiger partial charge in [-0.1, -0.05) is 32.0 Å². The number of hydrogen-bond acceptors (Lipinski definition) is 3. The normalized spacial score (nSPS) is 23.0. The molecule has 2 aromatic rings. The second-order valence-corrected chi connectivity index (χ2v) is 8.16. The zero-order valence-electron chi connectivity index (χ0n) is 14.0. The highest BCUT2D eigenvalue weighted by molar-refractivity contribution is 8.00. The number of carbonyl (C=O) groups excluding carboxylic acids is 1. The Labute approximate surface area is 142 Å². The Kier molecular flexibility index (Phi) is 4.90. The number of likely N-dealkylation sites (tertiary alicyclic amines) is 1. The SMILES string of the molecule is CC1CC(C)CN(C(=O)C(C)Sc2ccnc3ccccc23)C1. The van der Waals surface area contributed by atoms with Crippen molar-refractivity contribution in [1.29, 1.82) is 0 Å². The standard InChI is InChI=1S/C19H24N2OS/c1-13-10-14(2)12-21(11-13)19(22)15(3)23-18-8-9-20-17-7-5-4-6-16(17)18/h4-9,13-15H,10-12H2,1-3H3. The molecule has 0 radical (unpaired) electrons. The average Bonchev–Trinajstić information content (AvgIpc) is 2.53. The summed E-state index contributed by atoms with van der Waals surface area (Å²) in [6.45, 7) is 8.29. The number of carbonyl (C=O) groups is 1. The number of piperidine rings is 1. The minimum atomic E-state index is -0.0710. The van der Waals surface area contributed by atoms with Crippen LogP contribution in [0.4, 0.5) is 0 Å². The predicted molar refractivity (Wildman–Crippen MR) is 96.6 cm³/mol. The van der Waals surface area contributed by atoms with E-state index in [1.807, 2.05) is 37.4 Å². The van der Waals surface area contributed by atoms with Gasteiger partial charge in [0.25, 0.3) is 0 Å². The molecule has 3 unspecified atom stereocenters. The fourth-order valence-corrected chi connectivity index (χ4v) is 4.58. The van der Waals surface area contributed by atoms with Crippen molar-refractivity contribution < 1.29 is 4.79 Å². The van der Waals surface area contributed by atoms with E-state index in [1.54, 1.807) is 11.8 Å². The van der Waals surface area contributed by atoms with Gasteiger partial charge in [0.2, 0.25) is 5.91 Å². The van der Waals surface area contributed by atoms with E-state index in [4.69, 9.17) is 0 Å². The Balaban J connectivity index is 1.75. The number of pyridine rings is 1. The summed E-state index contributed by atoms with van der Waals surface area (Å²) < 4.78 is 0. The topological polar surface area (TPSA) is 33.2 Å². The van der Waals surface area contributed by atoms with Crippen molar-refractivity contribution in [1.82, 2.24) is 9.88 Å². The van der Waals surface area contributed by atoms with Gasteiger partial charge in [0.1, 0.15) is 0 Å². The molecule has 1 aromatic heterocycles. The third-order valence-electron chi connectivity index (χ3n) is 4.44. The number of fused-ring (bicyclic) bond motifs is 1. The van der Waals surface area contributed by atoms with Gasteiger partial charge in [0, 0.05) is 29.6 Å². The first-order valence-electron chi connectivity index (χ1n) is 8.33. The zero-order chi connectivity index (χ0) is 16.4. The highest BCUT2D eigenvalue weighted by Gasteiger charge is 2.28. The molecule has 1 aliphatic heterocycles. The average molecular weight is 328 g/mol. The number of rotatable bonds is 3. The molecule has 1 amide bonds. The summed E-state index contributed by atoms with van der Waals surface area (Å²) in [7, 11) is 0. The van der Waals surface area contributed by atoms with Crippen molar-refractivity contribution in [3.63, 3.8) is 0 Å². The number of amides is 1. The minimum Gasteiger partial charge on any atom is -0.341 e. The highest BCUT2D eigenvalue weighted by Crippen LogP contribution is 2.31. The molecule has 0 bridgehead atoms. The molecule has 23 heavy (non-hydrogen) atoms. The molecule has 1 saturated heterocycles. The van der Waals surface area contributed by atoms with Gasteiger partial charge in [-0.15, -0.1) is 11.8 Å². The minimum absolute atomic E-state index is 0.0710. The van der Waals surface area contributed by atoms with Crippen LogP contribution in [0.15, 0.2) is 41.4 Å². The predicted octanol–water partition coefficient (Wildman–Crippen LogP) is 4.22. The molecule has 1 fully saturated rings. The Bertz CT molecular complexity index is 687. The first-order valence-corrected chi connectivity index (χ1v) is 9.21. The van der Waals surface area contributed by atoms with Crippen LogP contribution in [0.3, 0.4) is 0 Å². The molecule has 0 spiro atoms. The summed E-state index contributed by atoms with van der Waals surface area (Å²) in [5.41, 5.74) is 0.984. The maximum atomic E-state index is 12.8. The zero-order valence-corrected chi connectivity index (χ0v) is 14.8. The lowest BCUT2D eigenvalue weighted by Gasteiger charge is -2.36. The lowest BCUT2D eigenvalue weighted by molar-refractivity contribution is -0.132. The molecule has 2 heterocycles. The van der Waals surface area contributed by atoms with Crippen molar-refractivity contribution in [3.05, 3.63) is 36.5 Å². The Morgan fingerprint density at radius 3 is 2.65 bits per heavy atom. The van der Waals surface area contributed by atoms with Crippen LogP contribution in [-0.4, -0.2) is 34.1 Å². The van der Waals surface area contributed by atoms with Gasteiger partial charge >= 0.3 is 0 Å². The van der Waals surface area contributed by atoms with E-state index in [1.165, 1.54) is 6.42 Å². The second-order valence-electron chi connectivity index (χ2n) is 6.78. The maximum Gasteiger partial charge on any atom is 0.235 e. The van der Waals surface area contributed by atoms with E-state index in [2.05, 4.69) is 29.8 Å². The summed E-state index contributed by atoms with van der Waals surface area (Å²) in [5.74, 6) is 1.46. The van der Waals surface area contributed by atoms with Gasteiger partial charge in [-0.05, 0) is 37.3 Å². The van der Waals surface area contributed by atoms with Crippen LogP contribution < -0.4 is 0 Å². The fourth-order valence-electron chi connectivity index (χ4n) is 3.51. The van der Waals surface area contributed by atoms with Gasteiger partial charge < -0.3 is 4.90 Å². The lowest BCUT2D eigenvalue weighted by atomic mass is 9.92. The number of para-hydroxylation sites is 1. The van der Waals surface area contributed by atoms with Crippen molar-refractivity contribution >= 4 is 28.6 Å². The maximum absolute atomic E-state index is 12.8. The summed E-state index contributed by atoms with van der Waals surface area (Å²) in [6.07, 6.45) is 3.05. The summed E-state index contributed by atoms with van der Waals surface area (Å²) >= 11 is 1.65. The number of benzene rings is 1. The second kappa shape index (κ2) is 6.91. The van der Waals surface area contributed by atoms with Gasteiger partial charge in [-0.2, -0.15) is 0 Å². The quantitative estimate of drug-likeness (QED) is 0.791. The molecule has 122 valence electrons. The number of nitrogens with zero attached hydrogens (tertiary/aromatic N) is 2. The van der Waals surface area contributed by atoms with E-state index in [0.29, 0.717) is 11.8 Å². The first kappa shape index (κ1) is 16.3. The number of aromatic nitrogens is 1. The number of hydrogen-bond donors (Lipinski definition) is 0. The van der Waals surface area contributed by atoms with Gasteiger partial charge in [0.05, 0.1) is 10.8 Å². The molecule has 3 rings (SSSR count). The van der Waals surface area contributed by atoms with E-state index in [9.17, 15) is 4.79 Å². The van der Waals surface area contributed by atoms with Crippen molar-refractivity contribution in [2.75, 3.05) is 13.1 Å². The van der Waals surface area contributed by atoms with Crippen LogP contribution in [0.25, 0.3) is 10.9 Å². The highest BCUT2D eigenvalue weighted by atomic mass is 32.2. The largest absolute Gasteiger partial charge is 0.341 e. The summed E-state index contributed by atoms with van der Waals surface area (Å²) in [5, 5.41) is 1.05.